The number of aryl methyl sites for hydroxylation is 1. The Morgan fingerprint density at radius 3 is 2.60 bits per heavy atom. The Labute approximate surface area is 179 Å². The monoisotopic (exact) mass is 594 g/mol. The van der Waals surface area contributed by atoms with E-state index in [2.05, 4.69) is 37.2 Å². The van der Waals surface area contributed by atoms with E-state index in [-0.39, 0.29) is 10.7 Å². The maximum Gasteiger partial charge on any atom is 0.270 e. The zero-order valence-corrected chi connectivity index (χ0v) is 18.7. The van der Waals surface area contributed by atoms with Crippen LogP contribution < -0.4 is 10.2 Å². The summed E-state index contributed by atoms with van der Waals surface area (Å²) in [4.78, 5) is 26.5. The molecule has 1 N–H and O–H groups in total. The Bertz CT molecular complexity index is 935. The van der Waals surface area contributed by atoms with Gasteiger partial charge in [0.05, 0.1) is 10.2 Å². The molecule has 3 rings (SSSR count). The molecule has 0 saturated carbocycles. The van der Waals surface area contributed by atoms with Gasteiger partial charge in [-0.1, -0.05) is 15.9 Å². The number of benzene rings is 1. The molecule has 5 nitrogen and oxygen atoms in total. The van der Waals surface area contributed by atoms with Crippen LogP contribution in [0.15, 0.2) is 43.2 Å². The van der Waals surface area contributed by atoms with Crippen LogP contribution in [-0.2, 0) is 9.59 Å². The van der Waals surface area contributed by atoms with Gasteiger partial charge >= 0.3 is 0 Å². The summed E-state index contributed by atoms with van der Waals surface area (Å²) >= 11 is 13.9. The average molecular weight is 596 g/mol. The van der Waals surface area contributed by atoms with Gasteiger partial charge in [0.1, 0.15) is 11.3 Å². The zero-order chi connectivity index (χ0) is 18.3. The third-order valence-corrected chi connectivity index (χ3v) is 6.36. The predicted molar refractivity (Wildman–Crippen MR) is 114 cm³/mol. The molecule has 1 aromatic heterocycles. The van der Waals surface area contributed by atoms with E-state index in [0.29, 0.717) is 15.2 Å². The highest BCUT2D eigenvalue weighted by Crippen LogP contribution is 2.29. The van der Waals surface area contributed by atoms with E-state index in [9.17, 15) is 9.59 Å². The summed E-state index contributed by atoms with van der Waals surface area (Å²) in [5.41, 5.74) is 1.41. The largest absolute Gasteiger partial charge is 0.450 e. The summed E-state index contributed by atoms with van der Waals surface area (Å²) in [7, 11) is 0. The highest BCUT2D eigenvalue weighted by Gasteiger charge is 2.35. The molecule has 9 heteroatoms. The van der Waals surface area contributed by atoms with Crippen LogP contribution >= 0.6 is 66.7 Å². The molecule has 0 atom stereocenters. The van der Waals surface area contributed by atoms with Crippen molar-refractivity contribution >= 4 is 95.4 Å². The second-order valence-electron chi connectivity index (χ2n) is 5.16. The van der Waals surface area contributed by atoms with E-state index >= 15 is 0 Å². The van der Waals surface area contributed by atoms with Crippen LogP contribution in [0.5, 0.6) is 0 Å². The first kappa shape index (κ1) is 18.7. The van der Waals surface area contributed by atoms with Crippen LogP contribution in [0.1, 0.15) is 11.3 Å². The summed E-state index contributed by atoms with van der Waals surface area (Å²) in [6, 6.07) is 7.14. The number of furan rings is 1. The van der Waals surface area contributed by atoms with Crippen molar-refractivity contribution in [1.29, 1.82) is 0 Å². The van der Waals surface area contributed by atoms with E-state index in [1.54, 1.807) is 12.1 Å². The van der Waals surface area contributed by atoms with Crippen LogP contribution in [0.25, 0.3) is 6.08 Å². The van der Waals surface area contributed by atoms with Crippen LogP contribution in [0, 0.1) is 10.7 Å². The quantitative estimate of drug-likeness (QED) is 0.240. The van der Waals surface area contributed by atoms with Crippen LogP contribution in [0.2, 0.25) is 0 Å². The lowest BCUT2D eigenvalue weighted by molar-refractivity contribution is -0.122. The average Bonchev–Trinajstić information content (AvgIpc) is 2.84. The van der Waals surface area contributed by atoms with Crippen molar-refractivity contribution in [2.75, 3.05) is 4.90 Å². The summed E-state index contributed by atoms with van der Waals surface area (Å²) in [5, 5.41) is 2.60. The fourth-order valence-corrected chi connectivity index (χ4v) is 3.79. The normalized spacial score (nSPS) is 16.6. The number of carbonyl (C=O) groups is 2. The van der Waals surface area contributed by atoms with Crippen LogP contribution in [-0.4, -0.2) is 16.9 Å². The molecule has 2 amide bonds. The summed E-state index contributed by atoms with van der Waals surface area (Å²) in [6.45, 7) is 1.86. The number of rotatable bonds is 2. The minimum atomic E-state index is -0.552. The number of hydrogen-bond acceptors (Lipinski definition) is 4. The SMILES string of the molecule is Cc1cc(Br)ccc1N1C(=O)/C(=C/c2cc(Br)c(I)o2)C(=O)NC1=S. The van der Waals surface area contributed by atoms with Crippen molar-refractivity contribution in [3.63, 3.8) is 0 Å². The number of hydrogen-bond donors (Lipinski definition) is 1. The number of nitrogens with one attached hydrogen (secondary N) is 1. The lowest BCUT2D eigenvalue weighted by Crippen LogP contribution is -2.54. The first-order valence-electron chi connectivity index (χ1n) is 6.90. The molecule has 0 spiro atoms. The van der Waals surface area contributed by atoms with Gasteiger partial charge in [-0.25, -0.2) is 0 Å². The molecule has 1 aromatic carbocycles. The molecule has 1 saturated heterocycles. The second-order valence-corrected chi connectivity index (χ2v) is 8.30. The van der Waals surface area contributed by atoms with Gasteiger partial charge in [-0.15, -0.1) is 0 Å². The van der Waals surface area contributed by atoms with Crippen molar-refractivity contribution in [2.24, 2.45) is 0 Å². The molecule has 128 valence electrons. The molecule has 1 aliphatic rings. The van der Waals surface area contributed by atoms with E-state index in [4.69, 9.17) is 16.6 Å². The van der Waals surface area contributed by atoms with Gasteiger partial charge in [0, 0.05) is 27.1 Å². The molecule has 2 heterocycles. The molecule has 1 fully saturated rings. The number of anilines is 1. The topological polar surface area (TPSA) is 62.6 Å². The number of thiocarbonyl (C=S) groups is 1. The number of amides is 2. The van der Waals surface area contributed by atoms with Crippen LogP contribution in [0.3, 0.4) is 0 Å². The minimum Gasteiger partial charge on any atom is -0.450 e. The molecule has 0 unspecified atom stereocenters. The van der Waals surface area contributed by atoms with Crippen LogP contribution in [0.4, 0.5) is 5.69 Å². The Morgan fingerprint density at radius 1 is 1.28 bits per heavy atom. The fourth-order valence-electron chi connectivity index (χ4n) is 2.32. The molecule has 1 aliphatic heterocycles. The first-order valence-corrected chi connectivity index (χ1v) is 9.97. The van der Waals surface area contributed by atoms with E-state index in [0.717, 1.165) is 14.5 Å². The van der Waals surface area contributed by atoms with Crippen molar-refractivity contribution < 1.29 is 14.0 Å². The molecule has 25 heavy (non-hydrogen) atoms. The van der Waals surface area contributed by atoms with Gasteiger partial charge in [-0.2, -0.15) is 0 Å². The van der Waals surface area contributed by atoms with E-state index in [1.165, 1.54) is 11.0 Å². The third-order valence-electron chi connectivity index (χ3n) is 3.45. The molecular weight excluding hydrogens is 587 g/mol. The van der Waals surface area contributed by atoms with Gasteiger partial charge < -0.3 is 4.42 Å². The molecular formula is C16H9Br2IN2O3S. The third kappa shape index (κ3) is 3.74. The van der Waals surface area contributed by atoms with Gasteiger partial charge in [-0.05, 0) is 71.0 Å². The summed E-state index contributed by atoms with van der Waals surface area (Å²) in [5.74, 6) is -0.652. The lowest BCUT2D eigenvalue weighted by atomic mass is 10.1. The Kier molecular flexibility index (Phi) is 5.47. The highest BCUT2D eigenvalue weighted by molar-refractivity contribution is 14.1. The van der Waals surface area contributed by atoms with Crippen molar-refractivity contribution in [2.45, 2.75) is 6.92 Å². The van der Waals surface area contributed by atoms with Crippen molar-refractivity contribution in [1.82, 2.24) is 5.32 Å². The molecule has 0 aliphatic carbocycles. The van der Waals surface area contributed by atoms with E-state index < -0.39 is 11.8 Å². The first-order chi connectivity index (χ1) is 11.8. The summed E-state index contributed by atoms with van der Waals surface area (Å²) < 4.78 is 7.76. The lowest BCUT2D eigenvalue weighted by Gasteiger charge is -2.29. The minimum absolute atomic E-state index is 0.0476. The Morgan fingerprint density at radius 2 is 2.00 bits per heavy atom. The fraction of sp³-hybridized carbons (Fsp3) is 0.0625. The molecule has 0 bridgehead atoms. The Hall–Kier alpha value is -1.04. The maximum absolute atomic E-state index is 12.9. The Balaban J connectivity index is 2.05. The number of nitrogens with zero attached hydrogens (tertiary/aromatic N) is 1. The van der Waals surface area contributed by atoms with Gasteiger partial charge in [-0.3, -0.25) is 19.8 Å². The van der Waals surface area contributed by atoms with Gasteiger partial charge in [0.2, 0.25) is 0 Å². The smallest absolute Gasteiger partial charge is 0.270 e. The predicted octanol–water partition coefficient (Wildman–Crippen LogP) is 4.55. The van der Waals surface area contributed by atoms with Crippen molar-refractivity contribution in [3.05, 3.63) is 53.9 Å². The highest BCUT2D eigenvalue weighted by atomic mass is 127. The zero-order valence-electron chi connectivity index (χ0n) is 12.6. The van der Waals surface area contributed by atoms with E-state index in [1.807, 2.05) is 41.6 Å². The van der Waals surface area contributed by atoms with Crippen molar-refractivity contribution in [3.8, 4) is 0 Å². The number of carbonyl (C=O) groups excluding carboxylic acids is 2. The standard InChI is InChI=1S/C16H9Br2IN2O3S/c1-7-4-8(17)2-3-12(7)21-15(23)10(14(22)20-16(21)25)5-9-6-11(18)13(19)24-9/h2-6H,1H3,(H,20,22,25)/b10-5+. The summed E-state index contributed by atoms with van der Waals surface area (Å²) in [6.07, 6.45) is 1.41. The molecule has 0 radical (unpaired) electrons. The number of halogens is 3. The van der Waals surface area contributed by atoms with Gasteiger partial charge in [0.15, 0.2) is 8.88 Å². The molecule has 2 aromatic rings. The maximum atomic E-state index is 12.9. The second kappa shape index (κ2) is 7.29. The van der Waals surface area contributed by atoms with Gasteiger partial charge in [0.25, 0.3) is 11.8 Å².